The van der Waals surface area contributed by atoms with Crippen LogP contribution in [-0.2, 0) is 9.84 Å². The molecule has 0 saturated carbocycles. The molecule has 98 valence electrons. The van der Waals surface area contributed by atoms with E-state index in [-0.39, 0.29) is 20.9 Å². The van der Waals surface area contributed by atoms with Gasteiger partial charge in [0.25, 0.3) is 0 Å². The quantitative estimate of drug-likeness (QED) is 0.719. The number of nitrogens with one attached hydrogen (secondary N) is 2. The third-order valence-corrected chi connectivity index (χ3v) is 4.14. The summed E-state index contributed by atoms with van der Waals surface area (Å²) in [5, 5.41) is 5.71. The zero-order chi connectivity index (χ0) is 13.8. The summed E-state index contributed by atoms with van der Waals surface area (Å²) in [7, 11) is -3.18. The lowest BCUT2D eigenvalue weighted by Crippen LogP contribution is -2.37. The number of anilines is 1. The molecule has 0 saturated heterocycles. The van der Waals surface area contributed by atoms with E-state index in [0.717, 1.165) is 0 Å². The van der Waals surface area contributed by atoms with E-state index >= 15 is 0 Å². The van der Waals surface area contributed by atoms with Crippen molar-refractivity contribution < 1.29 is 8.42 Å². The van der Waals surface area contributed by atoms with E-state index in [1.165, 1.54) is 12.1 Å². The predicted molar refractivity (Wildman–Crippen MR) is 80.3 cm³/mol. The summed E-state index contributed by atoms with van der Waals surface area (Å²) in [6.45, 7) is 1.60. The molecular formula is C10H13N3O2S3. The van der Waals surface area contributed by atoms with Crippen LogP contribution in [0.5, 0.6) is 0 Å². The smallest absolute Gasteiger partial charge is 0.178 e. The van der Waals surface area contributed by atoms with Gasteiger partial charge >= 0.3 is 0 Å². The fraction of sp³-hybridized carbons (Fsp3) is 0.200. The average molecular weight is 303 g/mol. The molecule has 5 nitrogen and oxygen atoms in total. The van der Waals surface area contributed by atoms with Crippen molar-refractivity contribution >= 4 is 50.2 Å². The van der Waals surface area contributed by atoms with Gasteiger partial charge in [-0.05, 0) is 48.7 Å². The number of thiocarbonyl (C=S) groups is 2. The minimum absolute atomic E-state index is 0.0673. The van der Waals surface area contributed by atoms with Crippen LogP contribution in [0.1, 0.15) is 6.92 Å². The van der Waals surface area contributed by atoms with Crippen molar-refractivity contribution in [2.75, 3.05) is 11.1 Å². The number of benzene rings is 1. The standard InChI is InChI=1S/C10H13N3O2S3/c1-2-18(14,15)8-5-3-7(4-6-8)12-10(17)13-9(11)16/h3-6H,2H2,1H3,(H4,11,12,13,16,17). The molecule has 0 bridgehead atoms. The molecule has 0 aliphatic heterocycles. The summed E-state index contributed by atoms with van der Waals surface area (Å²) >= 11 is 9.57. The molecule has 1 aromatic carbocycles. The van der Waals surface area contributed by atoms with Gasteiger partial charge in [-0.15, -0.1) is 0 Å². The molecule has 4 N–H and O–H groups in total. The van der Waals surface area contributed by atoms with Crippen LogP contribution in [0.15, 0.2) is 29.2 Å². The first-order valence-electron chi connectivity index (χ1n) is 5.05. The van der Waals surface area contributed by atoms with E-state index in [1.54, 1.807) is 19.1 Å². The maximum atomic E-state index is 11.6. The number of hydrogen-bond acceptors (Lipinski definition) is 4. The summed E-state index contributed by atoms with van der Waals surface area (Å²) in [6.07, 6.45) is 0. The van der Waals surface area contributed by atoms with Crippen LogP contribution >= 0.6 is 24.4 Å². The Bertz CT molecular complexity index is 552. The van der Waals surface area contributed by atoms with Crippen LogP contribution in [0.25, 0.3) is 0 Å². The Morgan fingerprint density at radius 2 is 1.83 bits per heavy atom. The van der Waals surface area contributed by atoms with Crippen molar-refractivity contribution in [3.05, 3.63) is 24.3 Å². The van der Waals surface area contributed by atoms with Crippen LogP contribution in [0, 0.1) is 0 Å². The molecule has 1 aromatic rings. The van der Waals surface area contributed by atoms with E-state index in [2.05, 4.69) is 22.9 Å². The fourth-order valence-electron chi connectivity index (χ4n) is 1.19. The van der Waals surface area contributed by atoms with Crippen molar-refractivity contribution in [3.63, 3.8) is 0 Å². The lowest BCUT2D eigenvalue weighted by Gasteiger charge is -2.09. The zero-order valence-corrected chi connectivity index (χ0v) is 12.1. The van der Waals surface area contributed by atoms with Crippen LogP contribution in [0.2, 0.25) is 0 Å². The van der Waals surface area contributed by atoms with Crippen molar-refractivity contribution in [2.24, 2.45) is 5.73 Å². The lowest BCUT2D eigenvalue weighted by atomic mass is 10.3. The highest BCUT2D eigenvalue weighted by Gasteiger charge is 2.10. The van der Waals surface area contributed by atoms with E-state index in [4.69, 9.17) is 18.0 Å². The van der Waals surface area contributed by atoms with E-state index in [0.29, 0.717) is 5.69 Å². The summed E-state index contributed by atoms with van der Waals surface area (Å²) in [4.78, 5) is 0.281. The molecule has 0 fully saturated rings. The fourth-order valence-corrected chi connectivity index (χ4v) is 2.47. The minimum atomic E-state index is -3.18. The van der Waals surface area contributed by atoms with Gasteiger partial charge in [-0.1, -0.05) is 6.92 Å². The first-order chi connectivity index (χ1) is 8.35. The van der Waals surface area contributed by atoms with Gasteiger partial charge in [-0.2, -0.15) is 0 Å². The van der Waals surface area contributed by atoms with Crippen LogP contribution in [0.4, 0.5) is 5.69 Å². The van der Waals surface area contributed by atoms with Gasteiger partial charge < -0.3 is 16.4 Å². The molecule has 0 aromatic heterocycles. The number of hydrogen-bond donors (Lipinski definition) is 3. The average Bonchev–Trinajstić information content (AvgIpc) is 2.28. The van der Waals surface area contributed by atoms with E-state index in [9.17, 15) is 8.42 Å². The number of rotatable bonds is 3. The molecule has 0 unspecified atom stereocenters. The Morgan fingerprint density at radius 3 is 2.28 bits per heavy atom. The molecule has 0 radical (unpaired) electrons. The molecule has 0 spiro atoms. The second-order valence-corrected chi connectivity index (χ2v) is 6.50. The predicted octanol–water partition coefficient (Wildman–Crippen LogP) is 1.01. The van der Waals surface area contributed by atoms with Gasteiger partial charge in [0.2, 0.25) is 0 Å². The first-order valence-corrected chi connectivity index (χ1v) is 7.52. The van der Waals surface area contributed by atoms with Gasteiger partial charge in [0, 0.05) is 5.69 Å². The summed E-state index contributed by atoms with van der Waals surface area (Å²) in [6, 6.07) is 6.28. The third kappa shape index (κ3) is 4.21. The maximum Gasteiger partial charge on any atom is 0.178 e. The van der Waals surface area contributed by atoms with Crippen LogP contribution in [0.3, 0.4) is 0 Å². The molecule has 0 aliphatic carbocycles. The first kappa shape index (κ1) is 14.8. The Morgan fingerprint density at radius 1 is 1.28 bits per heavy atom. The molecule has 0 atom stereocenters. The largest absolute Gasteiger partial charge is 0.376 e. The van der Waals surface area contributed by atoms with Gasteiger partial charge in [0.05, 0.1) is 10.6 Å². The van der Waals surface area contributed by atoms with Crippen molar-refractivity contribution in [1.82, 2.24) is 5.32 Å². The number of sulfone groups is 1. The highest BCUT2D eigenvalue weighted by atomic mass is 32.2. The van der Waals surface area contributed by atoms with Gasteiger partial charge in [-0.3, -0.25) is 0 Å². The Balaban J connectivity index is 2.78. The highest BCUT2D eigenvalue weighted by Crippen LogP contribution is 2.15. The highest BCUT2D eigenvalue weighted by molar-refractivity contribution is 7.91. The van der Waals surface area contributed by atoms with Crippen molar-refractivity contribution in [3.8, 4) is 0 Å². The zero-order valence-electron chi connectivity index (χ0n) is 9.64. The third-order valence-electron chi connectivity index (χ3n) is 2.09. The number of nitrogens with two attached hydrogens (primary N) is 1. The molecule has 8 heteroatoms. The van der Waals surface area contributed by atoms with Gasteiger partial charge in [0.15, 0.2) is 20.1 Å². The molecule has 0 aliphatic rings. The minimum Gasteiger partial charge on any atom is -0.376 e. The maximum absolute atomic E-state index is 11.6. The lowest BCUT2D eigenvalue weighted by molar-refractivity contribution is 0.597. The Hall–Kier alpha value is -1.25. The summed E-state index contributed by atoms with van der Waals surface area (Å²) in [5.41, 5.74) is 5.91. The SMILES string of the molecule is CCS(=O)(=O)c1ccc(NC(=S)NC(N)=S)cc1. The Labute approximate surface area is 117 Å². The van der Waals surface area contributed by atoms with Crippen molar-refractivity contribution in [2.45, 2.75) is 11.8 Å². The second kappa shape index (κ2) is 6.07. The topological polar surface area (TPSA) is 84.2 Å². The molecule has 0 amide bonds. The summed E-state index contributed by atoms with van der Waals surface area (Å²) in [5.74, 6) is 0.0706. The van der Waals surface area contributed by atoms with E-state index in [1.807, 2.05) is 0 Å². The molecule has 1 rings (SSSR count). The molecule has 0 heterocycles. The normalized spacial score (nSPS) is 10.7. The van der Waals surface area contributed by atoms with Gasteiger partial charge in [0.1, 0.15) is 0 Å². The van der Waals surface area contributed by atoms with Gasteiger partial charge in [-0.25, -0.2) is 8.42 Å². The second-order valence-electron chi connectivity index (χ2n) is 3.37. The Kier molecular flexibility index (Phi) is 5.00. The molecule has 18 heavy (non-hydrogen) atoms. The molecular weight excluding hydrogens is 290 g/mol. The van der Waals surface area contributed by atoms with Crippen LogP contribution in [-0.4, -0.2) is 24.4 Å². The van der Waals surface area contributed by atoms with Crippen LogP contribution < -0.4 is 16.4 Å². The van der Waals surface area contributed by atoms with Crippen molar-refractivity contribution in [1.29, 1.82) is 0 Å². The summed E-state index contributed by atoms with van der Waals surface area (Å²) < 4.78 is 23.2. The van der Waals surface area contributed by atoms with E-state index < -0.39 is 9.84 Å². The monoisotopic (exact) mass is 303 g/mol.